The summed E-state index contributed by atoms with van der Waals surface area (Å²) in [6.07, 6.45) is 6.87. The van der Waals surface area contributed by atoms with Gasteiger partial charge in [0.1, 0.15) is 11.9 Å². The molecule has 3 rings (SSSR count). The third-order valence-electron chi connectivity index (χ3n) is 6.23. The monoisotopic (exact) mass is 470 g/mol. The molecule has 1 fully saturated rings. The highest BCUT2D eigenvalue weighted by Crippen LogP contribution is 2.19. The van der Waals surface area contributed by atoms with Crippen LogP contribution in [-0.4, -0.2) is 41.1 Å². The number of carbonyl (C=O) groups is 2. The van der Waals surface area contributed by atoms with Gasteiger partial charge in [0, 0.05) is 18.3 Å². The number of thioether (sulfide) groups is 1. The van der Waals surface area contributed by atoms with Gasteiger partial charge in [0.15, 0.2) is 0 Å². The lowest BCUT2D eigenvalue weighted by molar-refractivity contribution is -0.139. The second kappa shape index (κ2) is 13.4. The van der Waals surface area contributed by atoms with Gasteiger partial charge in [-0.1, -0.05) is 68.7 Å². The average Bonchev–Trinajstić information content (AvgIpc) is 2.84. The smallest absolute Gasteiger partial charge is 0.243 e. The molecule has 0 heterocycles. The zero-order chi connectivity index (χ0) is 23.5. The van der Waals surface area contributed by atoms with Gasteiger partial charge in [0.2, 0.25) is 11.8 Å². The second-order valence-corrected chi connectivity index (χ2v) is 9.70. The number of benzene rings is 2. The van der Waals surface area contributed by atoms with E-state index in [1.807, 2.05) is 25.1 Å². The van der Waals surface area contributed by atoms with E-state index in [2.05, 4.69) is 17.4 Å². The Hall–Kier alpha value is -2.34. The fraction of sp³-hybridized carbons (Fsp3) is 0.481. The van der Waals surface area contributed by atoms with Crippen molar-refractivity contribution in [3.8, 4) is 0 Å². The van der Waals surface area contributed by atoms with Crippen molar-refractivity contribution in [3.05, 3.63) is 71.5 Å². The van der Waals surface area contributed by atoms with E-state index >= 15 is 0 Å². The summed E-state index contributed by atoms with van der Waals surface area (Å²) in [5.74, 6) is 0.600. The summed E-state index contributed by atoms with van der Waals surface area (Å²) in [6, 6.07) is 16.2. The number of amides is 2. The first-order valence-corrected chi connectivity index (χ1v) is 13.2. The predicted octanol–water partition coefficient (Wildman–Crippen LogP) is 5.36. The average molecular weight is 471 g/mol. The molecule has 33 heavy (non-hydrogen) atoms. The normalized spacial score (nSPS) is 15.1. The molecule has 0 bridgehead atoms. The van der Waals surface area contributed by atoms with Crippen LogP contribution in [0.3, 0.4) is 0 Å². The van der Waals surface area contributed by atoms with Crippen molar-refractivity contribution in [2.24, 2.45) is 0 Å². The molecule has 0 radical (unpaired) electrons. The van der Waals surface area contributed by atoms with Gasteiger partial charge in [-0.2, -0.15) is 0 Å². The molecule has 178 valence electrons. The van der Waals surface area contributed by atoms with Crippen LogP contribution in [0.5, 0.6) is 0 Å². The summed E-state index contributed by atoms with van der Waals surface area (Å²) in [7, 11) is 0. The summed E-state index contributed by atoms with van der Waals surface area (Å²) in [6.45, 7) is 2.48. The molecule has 4 nitrogen and oxygen atoms in total. The molecule has 0 aliphatic heterocycles. The van der Waals surface area contributed by atoms with Gasteiger partial charge in [-0.25, -0.2) is 4.39 Å². The van der Waals surface area contributed by atoms with Crippen molar-refractivity contribution in [2.45, 2.75) is 69.7 Å². The highest BCUT2D eigenvalue weighted by atomic mass is 32.2. The maximum atomic E-state index is 13.3. The standard InChI is InChI=1S/C27H35FN2O2S/c1-2-25(27(32)29-24-11-7-4-8-12-24)30(18-17-21-9-5-3-6-10-21)26(31)20-33-19-22-13-15-23(28)16-14-22/h3,5-6,9-10,13-16,24-25H,2,4,7-8,11-12,17-20H2,1H3,(H,29,32)/t25-/m1/s1. The fourth-order valence-corrected chi connectivity index (χ4v) is 5.23. The maximum Gasteiger partial charge on any atom is 0.243 e. The molecule has 1 aliphatic rings. The Morgan fingerprint density at radius 3 is 2.39 bits per heavy atom. The number of halogens is 1. The van der Waals surface area contributed by atoms with Crippen molar-refractivity contribution in [3.63, 3.8) is 0 Å². The Morgan fingerprint density at radius 1 is 1.03 bits per heavy atom. The van der Waals surface area contributed by atoms with E-state index in [0.29, 0.717) is 30.9 Å². The number of hydrogen-bond acceptors (Lipinski definition) is 3. The number of hydrogen-bond donors (Lipinski definition) is 1. The molecule has 1 N–H and O–H groups in total. The molecule has 0 saturated heterocycles. The summed E-state index contributed by atoms with van der Waals surface area (Å²) in [5.41, 5.74) is 2.13. The van der Waals surface area contributed by atoms with Crippen LogP contribution in [0, 0.1) is 5.82 Å². The Bertz CT molecular complexity index is 869. The summed E-state index contributed by atoms with van der Waals surface area (Å²) in [5, 5.41) is 3.22. The van der Waals surface area contributed by atoms with E-state index in [-0.39, 0.29) is 23.7 Å². The molecule has 2 aromatic carbocycles. The van der Waals surface area contributed by atoms with Gasteiger partial charge in [-0.3, -0.25) is 9.59 Å². The molecule has 1 aliphatic carbocycles. The first kappa shape index (κ1) is 25.3. The van der Waals surface area contributed by atoms with Crippen LogP contribution in [-0.2, 0) is 21.8 Å². The summed E-state index contributed by atoms with van der Waals surface area (Å²) < 4.78 is 13.1. The van der Waals surface area contributed by atoms with Gasteiger partial charge < -0.3 is 10.2 Å². The van der Waals surface area contributed by atoms with Crippen LogP contribution < -0.4 is 5.32 Å². The molecule has 0 unspecified atom stereocenters. The second-order valence-electron chi connectivity index (χ2n) is 8.71. The van der Waals surface area contributed by atoms with Gasteiger partial charge in [-0.05, 0) is 48.9 Å². The molecular formula is C27H35FN2O2S. The molecule has 2 amide bonds. The largest absolute Gasteiger partial charge is 0.352 e. The third-order valence-corrected chi connectivity index (χ3v) is 7.22. The minimum Gasteiger partial charge on any atom is -0.352 e. The van der Waals surface area contributed by atoms with Crippen molar-refractivity contribution < 1.29 is 14.0 Å². The predicted molar refractivity (Wildman–Crippen MR) is 134 cm³/mol. The fourth-order valence-electron chi connectivity index (χ4n) is 4.36. The van der Waals surface area contributed by atoms with Crippen LogP contribution in [0.15, 0.2) is 54.6 Å². The van der Waals surface area contributed by atoms with E-state index in [1.54, 1.807) is 17.0 Å². The van der Waals surface area contributed by atoms with Crippen molar-refractivity contribution in [1.82, 2.24) is 10.2 Å². The Labute approximate surface area is 201 Å². The molecule has 0 aromatic heterocycles. The Morgan fingerprint density at radius 2 is 1.73 bits per heavy atom. The lowest BCUT2D eigenvalue weighted by atomic mass is 9.95. The Balaban J connectivity index is 1.64. The minimum absolute atomic E-state index is 0.0244. The minimum atomic E-state index is -0.463. The van der Waals surface area contributed by atoms with Crippen molar-refractivity contribution in [1.29, 1.82) is 0 Å². The van der Waals surface area contributed by atoms with E-state index in [1.165, 1.54) is 30.3 Å². The van der Waals surface area contributed by atoms with Crippen molar-refractivity contribution >= 4 is 23.6 Å². The number of rotatable bonds is 11. The van der Waals surface area contributed by atoms with Gasteiger partial charge in [0.05, 0.1) is 5.75 Å². The van der Waals surface area contributed by atoms with Crippen LogP contribution in [0.1, 0.15) is 56.6 Å². The highest BCUT2D eigenvalue weighted by Gasteiger charge is 2.29. The topological polar surface area (TPSA) is 49.4 Å². The molecule has 2 aromatic rings. The highest BCUT2D eigenvalue weighted by molar-refractivity contribution is 7.99. The molecule has 0 spiro atoms. The summed E-state index contributed by atoms with van der Waals surface area (Å²) in [4.78, 5) is 28.2. The third kappa shape index (κ3) is 8.18. The first-order valence-electron chi connectivity index (χ1n) is 12.0. The quantitative estimate of drug-likeness (QED) is 0.481. The Kier molecular flexibility index (Phi) is 10.3. The zero-order valence-electron chi connectivity index (χ0n) is 19.5. The van der Waals surface area contributed by atoms with Gasteiger partial charge >= 0.3 is 0 Å². The van der Waals surface area contributed by atoms with Gasteiger partial charge in [0.25, 0.3) is 0 Å². The van der Waals surface area contributed by atoms with E-state index in [0.717, 1.165) is 36.8 Å². The molecular weight excluding hydrogens is 435 g/mol. The first-order chi connectivity index (χ1) is 16.1. The van der Waals surface area contributed by atoms with Gasteiger partial charge in [-0.15, -0.1) is 11.8 Å². The maximum absolute atomic E-state index is 13.3. The van der Waals surface area contributed by atoms with Crippen LogP contribution >= 0.6 is 11.8 Å². The lowest BCUT2D eigenvalue weighted by Crippen LogP contribution is -2.52. The SMILES string of the molecule is CC[C@H](C(=O)NC1CCCCC1)N(CCc1ccccc1)C(=O)CSCc1ccc(F)cc1. The number of nitrogens with one attached hydrogen (secondary N) is 1. The molecule has 6 heteroatoms. The summed E-state index contributed by atoms with van der Waals surface area (Å²) >= 11 is 1.50. The number of nitrogens with zero attached hydrogens (tertiary/aromatic N) is 1. The van der Waals surface area contributed by atoms with Crippen LogP contribution in [0.2, 0.25) is 0 Å². The zero-order valence-corrected chi connectivity index (χ0v) is 20.3. The van der Waals surface area contributed by atoms with E-state index in [4.69, 9.17) is 0 Å². The number of carbonyl (C=O) groups excluding carboxylic acids is 2. The molecule has 1 saturated carbocycles. The van der Waals surface area contributed by atoms with Crippen LogP contribution in [0.25, 0.3) is 0 Å². The van der Waals surface area contributed by atoms with E-state index in [9.17, 15) is 14.0 Å². The molecule has 1 atom stereocenters. The lowest BCUT2D eigenvalue weighted by Gasteiger charge is -2.32. The van der Waals surface area contributed by atoms with E-state index < -0.39 is 6.04 Å². The van der Waals surface area contributed by atoms with Crippen molar-refractivity contribution in [2.75, 3.05) is 12.3 Å². The van der Waals surface area contributed by atoms with Crippen LogP contribution in [0.4, 0.5) is 4.39 Å².